The molecule has 1 aromatic rings. The number of aliphatic hydroxyl groups is 1. The van der Waals surface area contributed by atoms with Gasteiger partial charge < -0.3 is 9.53 Å². The Hall–Kier alpha value is -0.803. The van der Waals surface area contributed by atoms with Crippen LogP contribution in [0.5, 0.6) is 5.75 Å². The molecule has 0 heterocycles. The third-order valence-corrected chi connectivity index (χ3v) is 8.49. The fourth-order valence-electron chi connectivity index (χ4n) is 1.68. The van der Waals surface area contributed by atoms with Gasteiger partial charge in [0.05, 0.1) is 5.60 Å². The van der Waals surface area contributed by atoms with E-state index in [-0.39, 0.29) is 5.04 Å². The highest BCUT2D eigenvalue weighted by Crippen LogP contribution is 2.38. The molecule has 114 valence electrons. The Kier molecular flexibility index (Phi) is 5.09. The van der Waals surface area contributed by atoms with E-state index >= 15 is 0 Å². The first-order valence-electron chi connectivity index (χ1n) is 7.42. The highest BCUT2D eigenvalue weighted by atomic mass is 28.4. The summed E-state index contributed by atoms with van der Waals surface area (Å²) in [5.74, 6) is 0.989. The first-order valence-corrected chi connectivity index (χ1v) is 10.3. The molecule has 0 aliphatic carbocycles. The third kappa shape index (κ3) is 4.95. The minimum absolute atomic E-state index is 0.191. The van der Waals surface area contributed by atoms with Gasteiger partial charge in [0, 0.05) is 0 Å². The second kappa shape index (κ2) is 5.90. The topological polar surface area (TPSA) is 29.5 Å². The van der Waals surface area contributed by atoms with Gasteiger partial charge in [-0.25, -0.2) is 0 Å². The molecule has 0 fully saturated rings. The normalized spacial score (nSPS) is 13.4. The molecule has 1 aromatic carbocycles. The highest BCUT2D eigenvalue weighted by molar-refractivity contribution is 6.74. The summed E-state index contributed by atoms with van der Waals surface area (Å²) >= 11 is 0. The second-order valence-corrected chi connectivity index (χ2v) is 12.5. The Balaban J connectivity index is 2.91. The van der Waals surface area contributed by atoms with Crippen molar-refractivity contribution in [2.75, 3.05) is 0 Å². The van der Waals surface area contributed by atoms with Gasteiger partial charge in [0.15, 0.2) is 0 Å². The predicted molar refractivity (Wildman–Crippen MR) is 88.9 cm³/mol. The number of para-hydroxylation sites is 1. The number of benzene rings is 1. The van der Waals surface area contributed by atoms with Gasteiger partial charge in [-0.3, -0.25) is 0 Å². The van der Waals surface area contributed by atoms with Crippen molar-refractivity contribution in [3.63, 3.8) is 0 Å². The standard InChI is InChI=1S/C17H30O2Si/c1-16(2,3)20(6,7)19-15-11-9-8-10-14(15)12-13-17(4,5)18/h8-11,18H,12-13H2,1-7H3. The Morgan fingerprint density at radius 2 is 1.60 bits per heavy atom. The predicted octanol–water partition coefficient (Wildman–Crippen LogP) is 4.77. The minimum atomic E-state index is -1.81. The summed E-state index contributed by atoms with van der Waals surface area (Å²) < 4.78 is 6.42. The lowest BCUT2D eigenvalue weighted by Crippen LogP contribution is -2.44. The molecule has 0 bridgehead atoms. The van der Waals surface area contributed by atoms with E-state index in [0.29, 0.717) is 0 Å². The van der Waals surface area contributed by atoms with Crippen molar-refractivity contribution >= 4 is 8.32 Å². The van der Waals surface area contributed by atoms with Crippen LogP contribution in [0, 0.1) is 0 Å². The fourth-order valence-corrected chi connectivity index (χ4v) is 2.73. The van der Waals surface area contributed by atoms with Gasteiger partial charge >= 0.3 is 0 Å². The van der Waals surface area contributed by atoms with Crippen LogP contribution in [0.3, 0.4) is 0 Å². The van der Waals surface area contributed by atoms with Crippen LogP contribution in [-0.2, 0) is 6.42 Å². The van der Waals surface area contributed by atoms with Crippen molar-refractivity contribution in [1.29, 1.82) is 0 Å². The van der Waals surface area contributed by atoms with E-state index < -0.39 is 13.9 Å². The summed E-state index contributed by atoms with van der Waals surface area (Å²) in [6.07, 6.45) is 1.58. The van der Waals surface area contributed by atoms with Gasteiger partial charge in [0.25, 0.3) is 0 Å². The number of hydrogen-bond acceptors (Lipinski definition) is 2. The van der Waals surface area contributed by atoms with Crippen molar-refractivity contribution in [1.82, 2.24) is 0 Å². The van der Waals surface area contributed by atoms with E-state index in [1.54, 1.807) is 0 Å². The molecule has 3 heteroatoms. The molecule has 2 nitrogen and oxygen atoms in total. The van der Waals surface area contributed by atoms with Crippen LogP contribution in [-0.4, -0.2) is 19.0 Å². The first kappa shape index (κ1) is 17.2. The van der Waals surface area contributed by atoms with Gasteiger partial charge in [0.2, 0.25) is 8.32 Å². The summed E-state index contributed by atoms with van der Waals surface area (Å²) in [5, 5.41) is 10.1. The van der Waals surface area contributed by atoms with Crippen LogP contribution < -0.4 is 4.43 Å². The molecular formula is C17H30O2Si. The van der Waals surface area contributed by atoms with E-state index in [0.717, 1.165) is 18.6 Å². The molecule has 1 rings (SSSR count). The Morgan fingerprint density at radius 3 is 2.10 bits per heavy atom. The van der Waals surface area contributed by atoms with E-state index in [9.17, 15) is 5.11 Å². The van der Waals surface area contributed by atoms with Crippen LogP contribution in [0.1, 0.15) is 46.6 Å². The van der Waals surface area contributed by atoms with Crippen molar-refractivity contribution in [2.24, 2.45) is 0 Å². The SMILES string of the molecule is CC(C)(O)CCc1ccccc1O[Si](C)(C)C(C)(C)C. The minimum Gasteiger partial charge on any atom is -0.543 e. The molecule has 0 atom stereocenters. The molecular weight excluding hydrogens is 264 g/mol. The third-order valence-electron chi connectivity index (χ3n) is 4.15. The number of aryl methyl sites for hydroxylation is 1. The molecule has 0 saturated carbocycles. The highest BCUT2D eigenvalue weighted by Gasteiger charge is 2.39. The molecule has 0 aromatic heterocycles. The van der Waals surface area contributed by atoms with Gasteiger partial charge in [-0.2, -0.15) is 0 Å². The zero-order valence-corrected chi connectivity index (χ0v) is 15.1. The van der Waals surface area contributed by atoms with Crippen molar-refractivity contribution in [2.45, 2.75) is 71.2 Å². The lowest BCUT2D eigenvalue weighted by Gasteiger charge is -2.37. The van der Waals surface area contributed by atoms with Gasteiger partial charge in [0.1, 0.15) is 5.75 Å². The summed E-state index contributed by atoms with van der Waals surface area (Å²) in [6, 6.07) is 8.22. The van der Waals surface area contributed by atoms with Gasteiger partial charge in [-0.1, -0.05) is 39.0 Å². The second-order valence-electron chi connectivity index (χ2n) is 7.78. The van der Waals surface area contributed by atoms with E-state index in [4.69, 9.17) is 4.43 Å². The Labute approximate surface area is 125 Å². The van der Waals surface area contributed by atoms with E-state index in [2.05, 4.69) is 46.0 Å². The maximum absolute atomic E-state index is 9.90. The largest absolute Gasteiger partial charge is 0.543 e. The van der Waals surface area contributed by atoms with Crippen LogP contribution >= 0.6 is 0 Å². The molecule has 0 amide bonds. The molecule has 20 heavy (non-hydrogen) atoms. The first-order chi connectivity index (χ1) is 8.92. The van der Waals surface area contributed by atoms with Gasteiger partial charge in [-0.15, -0.1) is 0 Å². The molecule has 0 aliphatic heterocycles. The summed E-state index contributed by atoms with van der Waals surface area (Å²) in [6.45, 7) is 15.0. The van der Waals surface area contributed by atoms with E-state index in [1.165, 1.54) is 5.56 Å². The van der Waals surface area contributed by atoms with Crippen LogP contribution in [0.15, 0.2) is 24.3 Å². The van der Waals surface area contributed by atoms with E-state index in [1.807, 2.05) is 26.0 Å². The van der Waals surface area contributed by atoms with Gasteiger partial charge in [-0.05, 0) is 56.5 Å². The zero-order valence-electron chi connectivity index (χ0n) is 14.1. The average molecular weight is 295 g/mol. The van der Waals surface area contributed by atoms with Crippen LogP contribution in [0.2, 0.25) is 18.1 Å². The van der Waals surface area contributed by atoms with Crippen LogP contribution in [0.25, 0.3) is 0 Å². The maximum Gasteiger partial charge on any atom is 0.250 e. The van der Waals surface area contributed by atoms with Crippen molar-refractivity contribution < 1.29 is 9.53 Å². The van der Waals surface area contributed by atoms with Crippen LogP contribution in [0.4, 0.5) is 0 Å². The molecule has 0 radical (unpaired) electrons. The summed E-state index contributed by atoms with van der Waals surface area (Å²) in [7, 11) is -1.81. The summed E-state index contributed by atoms with van der Waals surface area (Å²) in [5.41, 5.74) is 0.559. The monoisotopic (exact) mass is 294 g/mol. The fraction of sp³-hybridized carbons (Fsp3) is 0.647. The Morgan fingerprint density at radius 1 is 1.05 bits per heavy atom. The zero-order chi connectivity index (χ0) is 15.6. The summed E-state index contributed by atoms with van der Waals surface area (Å²) in [4.78, 5) is 0. The van der Waals surface area contributed by atoms with Crippen molar-refractivity contribution in [3.05, 3.63) is 29.8 Å². The number of rotatable bonds is 5. The number of hydrogen-bond donors (Lipinski definition) is 1. The molecule has 1 N–H and O–H groups in total. The quantitative estimate of drug-likeness (QED) is 0.792. The molecule has 0 spiro atoms. The maximum atomic E-state index is 9.90. The molecule has 0 aliphatic rings. The lowest BCUT2D eigenvalue weighted by molar-refractivity contribution is 0.0713. The lowest BCUT2D eigenvalue weighted by atomic mass is 9.98. The average Bonchev–Trinajstić information content (AvgIpc) is 2.24. The smallest absolute Gasteiger partial charge is 0.250 e. The molecule has 0 saturated heterocycles. The molecule has 0 unspecified atom stereocenters. The Bertz CT molecular complexity index is 439. The van der Waals surface area contributed by atoms with Crippen molar-refractivity contribution in [3.8, 4) is 5.75 Å².